The zero-order chi connectivity index (χ0) is 17.7. The lowest BCUT2D eigenvalue weighted by molar-refractivity contribution is 0.0500. The van der Waals surface area contributed by atoms with E-state index in [9.17, 15) is 4.79 Å². The van der Waals surface area contributed by atoms with E-state index in [1.54, 1.807) is 0 Å². The number of ether oxygens (including phenoxy) is 1. The predicted octanol–water partition coefficient (Wildman–Crippen LogP) is 4.13. The fourth-order valence-electron chi connectivity index (χ4n) is 3.16. The second kappa shape index (κ2) is 8.02. The number of carbonyl (C=O) groups is 1. The first kappa shape index (κ1) is 18.8. The molecule has 4 heteroatoms. The van der Waals surface area contributed by atoms with Crippen molar-refractivity contribution in [3.8, 4) is 0 Å². The van der Waals surface area contributed by atoms with Crippen molar-refractivity contribution < 1.29 is 9.53 Å². The molecule has 1 unspecified atom stereocenters. The third kappa shape index (κ3) is 5.52. The summed E-state index contributed by atoms with van der Waals surface area (Å²) in [6, 6.07) is 9.31. The maximum atomic E-state index is 11.9. The van der Waals surface area contributed by atoms with Gasteiger partial charge >= 0.3 is 6.09 Å². The second-order valence-electron chi connectivity index (χ2n) is 7.88. The molecule has 0 spiro atoms. The molecule has 4 nitrogen and oxygen atoms in total. The predicted molar refractivity (Wildman–Crippen MR) is 98.4 cm³/mol. The van der Waals surface area contributed by atoms with E-state index >= 15 is 0 Å². The molecule has 1 saturated carbocycles. The van der Waals surface area contributed by atoms with Gasteiger partial charge in [-0.3, -0.25) is 0 Å². The average Bonchev–Trinajstić information content (AvgIpc) is 2.44. The van der Waals surface area contributed by atoms with Crippen molar-refractivity contribution >= 4 is 6.09 Å². The Kier molecular flexibility index (Phi) is 6.27. The molecule has 0 aromatic heterocycles. The van der Waals surface area contributed by atoms with Crippen LogP contribution in [-0.4, -0.2) is 30.3 Å². The molecule has 1 aromatic carbocycles. The summed E-state index contributed by atoms with van der Waals surface area (Å²) in [4.78, 5) is 11.9. The Hall–Kier alpha value is -1.55. The molecule has 0 saturated heterocycles. The zero-order valence-corrected chi connectivity index (χ0v) is 15.7. The van der Waals surface area contributed by atoms with E-state index in [1.807, 2.05) is 20.8 Å². The van der Waals surface area contributed by atoms with Gasteiger partial charge in [0.05, 0.1) is 0 Å². The van der Waals surface area contributed by atoms with E-state index < -0.39 is 5.60 Å². The Balaban J connectivity index is 1.72. The minimum atomic E-state index is -0.454. The molecule has 24 heavy (non-hydrogen) atoms. The van der Waals surface area contributed by atoms with E-state index in [-0.39, 0.29) is 12.1 Å². The number of hydrogen-bond donors (Lipinski definition) is 2. The van der Waals surface area contributed by atoms with Gasteiger partial charge in [-0.2, -0.15) is 0 Å². The Morgan fingerprint density at radius 1 is 1.29 bits per heavy atom. The van der Waals surface area contributed by atoms with Crippen molar-refractivity contribution in [3.63, 3.8) is 0 Å². The van der Waals surface area contributed by atoms with E-state index in [2.05, 4.69) is 48.7 Å². The van der Waals surface area contributed by atoms with E-state index in [4.69, 9.17) is 4.74 Å². The van der Waals surface area contributed by atoms with Gasteiger partial charge < -0.3 is 15.4 Å². The van der Waals surface area contributed by atoms with Crippen LogP contribution in [0.5, 0.6) is 0 Å². The monoisotopic (exact) mass is 332 g/mol. The first-order valence-corrected chi connectivity index (χ1v) is 9.07. The van der Waals surface area contributed by atoms with Crippen LogP contribution in [0.1, 0.15) is 64.0 Å². The Morgan fingerprint density at radius 3 is 2.54 bits per heavy atom. The summed E-state index contributed by atoms with van der Waals surface area (Å²) in [5, 5.41) is 6.54. The number of amides is 1. The van der Waals surface area contributed by atoms with Crippen LogP contribution in [-0.2, 0) is 4.74 Å². The highest BCUT2D eigenvalue weighted by atomic mass is 16.6. The number of benzene rings is 1. The first-order valence-electron chi connectivity index (χ1n) is 9.07. The van der Waals surface area contributed by atoms with Crippen molar-refractivity contribution in [1.29, 1.82) is 0 Å². The van der Waals surface area contributed by atoms with Gasteiger partial charge in [-0.1, -0.05) is 31.2 Å². The molecule has 0 radical (unpaired) electrons. The van der Waals surface area contributed by atoms with Crippen LogP contribution in [0.3, 0.4) is 0 Å². The molecule has 0 aliphatic heterocycles. The Morgan fingerprint density at radius 2 is 1.96 bits per heavy atom. The molecular formula is C20H32N2O2. The zero-order valence-electron chi connectivity index (χ0n) is 15.7. The van der Waals surface area contributed by atoms with Crippen LogP contribution in [0.4, 0.5) is 4.79 Å². The molecule has 2 rings (SSSR count). The normalized spacial score (nSPS) is 21.7. The minimum absolute atomic E-state index is 0.109. The van der Waals surface area contributed by atoms with Crippen molar-refractivity contribution in [1.82, 2.24) is 10.6 Å². The summed E-state index contributed by atoms with van der Waals surface area (Å²) < 4.78 is 5.33. The lowest BCUT2D eigenvalue weighted by Crippen LogP contribution is -2.49. The van der Waals surface area contributed by atoms with Crippen molar-refractivity contribution in [2.75, 3.05) is 6.54 Å². The van der Waals surface area contributed by atoms with Crippen LogP contribution in [0.25, 0.3) is 0 Å². The molecule has 1 aliphatic rings. The average molecular weight is 332 g/mol. The number of rotatable bonds is 6. The SMILES string of the molecule is CCC(CNC1CC(c2ccccc2C)C1)NC(=O)OC(C)(C)C. The summed E-state index contributed by atoms with van der Waals surface area (Å²) >= 11 is 0. The van der Waals surface area contributed by atoms with Gasteiger partial charge in [-0.05, 0) is 64.0 Å². The number of hydrogen-bond acceptors (Lipinski definition) is 3. The quantitative estimate of drug-likeness (QED) is 0.823. The summed E-state index contributed by atoms with van der Waals surface area (Å²) in [5.74, 6) is 0.669. The smallest absolute Gasteiger partial charge is 0.407 e. The van der Waals surface area contributed by atoms with Crippen LogP contribution < -0.4 is 10.6 Å². The van der Waals surface area contributed by atoms with Crippen LogP contribution in [0.2, 0.25) is 0 Å². The highest BCUT2D eigenvalue weighted by Gasteiger charge is 2.31. The van der Waals surface area contributed by atoms with E-state index in [0.29, 0.717) is 12.0 Å². The lowest BCUT2D eigenvalue weighted by atomic mass is 9.74. The van der Waals surface area contributed by atoms with Gasteiger partial charge in [-0.15, -0.1) is 0 Å². The summed E-state index contributed by atoms with van der Waals surface area (Å²) in [5.41, 5.74) is 2.42. The molecule has 1 aromatic rings. The molecular weight excluding hydrogens is 300 g/mol. The van der Waals surface area contributed by atoms with E-state index in [1.165, 1.54) is 24.0 Å². The van der Waals surface area contributed by atoms with Crippen LogP contribution >= 0.6 is 0 Å². The third-order valence-electron chi connectivity index (χ3n) is 4.63. The number of alkyl carbamates (subject to hydrolysis) is 1. The Bertz CT molecular complexity index is 545. The third-order valence-corrected chi connectivity index (χ3v) is 4.63. The number of carbonyl (C=O) groups excluding carboxylic acids is 1. The fourth-order valence-corrected chi connectivity index (χ4v) is 3.16. The summed E-state index contributed by atoms with van der Waals surface area (Å²) in [6.07, 6.45) is 2.91. The van der Waals surface area contributed by atoms with E-state index in [0.717, 1.165) is 13.0 Å². The summed E-state index contributed by atoms with van der Waals surface area (Å²) in [6.45, 7) is 10.7. The molecule has 1 fully saturated rings. The number of aryl methyl sites for hydroxylation is 1. The van der Waals surface area contributed by atoms with Gasteiger partial charge in [0.2, 0.25) is 0 Å². The molecule has 0 bridgehead atoms. The van der Waals surface area contributed by atoms with Crippen molar-refractivity contribution in [3.05, 3.63) is 35.4 Å². The maximum absolute atomic E-state index is 11.9. The highest BCUT2D eigenvalue weighted by molar-refractivity contribution is 5.68. The van der Waals surface area contributed by atoms with Gasteiger partial charge in [0, 0.05) is 18.6 Å². The van der Waals surface area contributed by atoms with Crippen molar-refractivity contribution in [2.24, 2.45) is 0 Å². The molecule has 2 N–H and O–H groups in total. The fraction of sp³-hybridized carbons (Fsp3) is 0.650. The highest BCUT2D eigenvalue weighted by Crippen LogP contribution is 2.38. The van der Waals surface area contributed by atoms with Gasteiger partial charge in [0.1, 0.15) is 5.60 Å². The number of nitrogens with one attached hydrogen (secondary N) is 2. The summed E-state index contributed by atoms with van der Waals surface area (Å²) in [7, 11) is 0. The molecule has 1 atom stereocenters. The Labute approximate surface area is 146 Å². The largest absolute Gasteiger partial charge is 0.444 e. The van der Waals surface area contributed by atoms with Crippen molar-refractivity contribution in [2.45, 2.75) is 77.5 Å². The standard InChI is InChI=1S/C20H32N2O2/c1-6-16(22-19(23)24-20(3,4)5)13-21-17-11-15(12-17)18-10-8-7-9-14(18)2/h7-10,15-17,21H,6,11-13H2,1-5H3,(H,22,23). The maximum Gasteiger partial charge on any atom is 0.407 e. The second-order valence-corrected chi connectivity index (χ2v) is 7.88. The molecule has 134 valence electrons. The lowest BCUT2D eigenvalue weighted by Gasteiger charge is -2.38. The van der Waals surface area contributed by atoms with Gasteiger partial charge in [-0.25, -0.2) is 4.79 Å². The van der Waals surface area contributed by atoms with Crippen LogP contribution in [0.15, 0.2) is 24.3 Å². The topological polar surface area (TPSA) is 50.4 Å². The first-order chi connectivity index (χ1) is 11.3. The molecule has 0 heterocycles. The van der Waals surface area contributed by atoms with Crippen LogP contribution in [0, 0.1) is 6.92 Å². The molecule has 1 aliphatic carbocycles. The molecule has 1 amide bonds. The van der Waals surface area contributed by atoms with Gasteiger partial charge in [0.15, 0.2) is 0 Å². The van der Waals surface area contributed by atoms with Gasteiger partial charge in [0.25, 0.3) is 0 Å². The minimum Gasteiger partial charge on any atom is -0.444 e.